The lowest BCUT2D eigenvalue weighted by atomic mass is 10.1. The van der Waals surface area contributed by atoms with Crippen molar-refractivity contribution in [3.8, 4) is 0 Å². The number of hydrogen-bond acceptors (Lipinski definition) is 1. The van der Waals surface area contributed by atoms with E-state index in [-0.39, 0.29) is 0 Å². The summed E-state index contributed by atoms with van der Waals surface area (Å²) in [4.78, 5) is 2.38. The van der Waals surface area contributed by atoms with E-state index in [1.54, 1.807) is 0 Å². The molecule has 0 saturated heterocycles. The van der Waals surface area contributed by atoms with Crippen molar-refractivity contribution in [1.82, 2.24) is 9.47 Å². The van der Waals surface area contributed by atoms with E-state index in [0.29, 0.717) is 0 Å². The first-order valence-electron chi connectivity index (χ1n) is 7.25. The minimum atomic E-state index is 0.937. The quantitative estimate of drug-likeness (QED) is 0.692. The Hall–Kier alpha value is -1.80. The van der Waals surface area contributed by atoms with Crippen molar-refractivity contribution >= 4 is 0 Å². The van der Waals surface area contributed by atoms with Gasteiger partial charge in [0.2, 0.25) is 0 Å². The van der Waals surface area contributed by atoms with Crippen LogP contribution in [-0.4, -0.2) is 22.6 Å². The summed E-state index contributed by atoms with van der Waals surface area (Å²) < 4.78 is 2.33. The van der Waals surface area contributed by atoms with Crippen LogP contribution >= 0.6 is 0 Å². The van der Waals surface area contributed by atoms with Gasteiger partial charge < -0.3 is 4.57 Å². The Morgan fingerprint density at radius 2 is 1.95 bits per heavy atom. The molecule has 2 aromatic rings. The van der Waals surface area contributed by atoms with Gasteiger partial charge in [-0.2, -0.15) is 0 Å². The fraction of sp³-hybridized carbons (Fsp3) is 0.333. The zero-order chi connectivity index (χ0) is 14.4. The molecule has 0 aliphatic carbocycles. The molecule has 1 aromatic heterocycles. The molecule has 2 heteroatoms. The molecule has 2 rings (SSSR count). The molecule has 2 nitrogen and oxygen atoms in total. The molecule has 0 fully saturated rings. The van der Waals surface area contributed by atoms with Crippen molar-refractivity contribution in [3.63, 3.8) is 0 Å². The Bertz CT molecular complexity index is 537. The highest BCUT2D eigenvalue weighted by Crippen LogP contribution is 2.11. The maximum atomic E-state index is 3.83. The van der Waals surface area contributed by atoms with Crippen LogP contribution in [0, 0.1) is 6.92 Å². The molecular weight excluding hydrogens is 244 g/mol. The van der Waals surface area contributed by atoms with Crippen LogP contribution in [0.4, 0.5) is 0 Å². The zero-order valence-corrected chi connectivity index (χ0v) is 12.5. The zero-order valence-electron chi connectivity index (χ0n) is 12.5. The highest BCUT2D eigenvalue weighted by Gasteiger charge is 2.06. The summed E-state index contributed by atoms with van der Waals surface area (Å²) in [5, 5.41) is 0. The molecule has 106 valence electrons. The van der Waals surface area contributed by atoms with Gasteiger partial charge in [0.05, 0.1) is 0 Å². The van der Waals surface area contributed by atoms with E-state index in [4.69, 9.17) is 0 Å². The number of aromatic nitrogens is 1. The van der Waals surface area contributed by atoms with Gasteiger partial charge in [-0.15, -0.1) is 6.58 Å². The van der Waals surface area contributed by atoms with E-state index in [1.165, 1.54) is 16.8 Å². The second-order valence-corrected chi connectivity index (χ2v) is 5.23. The predicted molar refractivity (Wildman–Crippen MR) is 85.9 cm³/mol. The Balaban J connectivity index is 2.08. The Morgan fingerprint density at radius 3 is 2.60 bits per heavy atom. The van der Waals surface area contributed by atoms with Crippen molar-refractivity contribution in [2.24, 2.45) is 0 Å². The molecule has 1 heterocycles. The summed E-state index contributed by atoms with van der Waals surface area (Å²) in [5.41, 5.74) is 4.01. The van der Waals surface area contributed by atoms with Gasteiger partial charge in [-0.05, 0) is 31.2 Å². The normalized spacial score (nSPS) is 10.9. The molecule has 1 aromatic carbocycles. The van der Waals surface area contributed by atoms with Crippen LogP contribution < -0.4 is 0 Å². The number of likely N-dealkylation sites (N-methyl/N-ethyl adjacent to an activating group) is 1. The largest absolute Gasteiger partial charge is 0.346 e. The third-order valence-corrected chi connectivity index (χ3v) is 3.62. The molecule has 0 spiro atoms. The van der Waals surface area contributed by atoms with Crippen LogP contribution in [0.25, 0.3) is 0 Å². The molecule has 0 N–H and O–H groups in total. The predicted octanol–water partition coefficient (Wildman–Crippen LogP) is 3.85. The topological polar surface area (TPSA) is 8.17 Å². The van der Waals surface area contributed by atoms with E-state index < -0.39 is 0 Å². The number of rotatable bonds is 7. The minimum Gasteiger partial charge on any atom is -0.346 e. The Morgan fingerprint density at radius 1 is 1.20 bits per heavy atom. The molecule has 0 amide bonds. The molecule has 0 unspecified atom stereocenters. The standard InChI is InChI=1S/C18H24N2/c1-4-12-19(5-2)15-18-7-6-13-20(18)14-17-10-8-16(3)9-11-17/h4,6-11,13H,1,5,12,14-15H2,2-3H3. The van der Waals surface area contributed by atoms with Crippen LogP contribution in [0.3, 0.4) is 0 Å². The first-order valence-corrected chi connectivity index (χ1v) is 7.25. The van der Waals surface area contributed by atoms with Crippen LogP contribution in [0.2, 0.25) is 0 Å². The van der Waals surface area contributed by atoms with Gasteiger partial charge in [0.15, 0.2) is 0 Å². The van der Waals surface area contributed by atoms with Gasteiger partial charge in [-0.25, -0.2) is 0 Å². The summed E-state index contributed by atoms with van der Waals surface area (Å²) >= 11 is 0. The van der Waals surface area contributed by atoms with E-state index in [0.717, 1.165) is 26.2 Å². The summed E-state index contributed by atoms with van der Waals surface area (Å²) in [6.45, 7) is 12.0. The number of nitrogens with zero attached hydrogens (tertiary/aromatic N) is 2. The van der Waals surface area contributed by atoms with Gasteiger partial charge in [0.25, 0.3) is 0 Å². The van der Waals surface area contributed by atoms with Crippen molar-refractivity contribution in [2.75, 3.05) is 13.1 Å². The number of hydrogen-bond donors (Lipinski definition) is 0. The second-order valence-electron chi connectivity index (χ2n) is 5.23. The summed E-state index contributed by atoms with van der Waals surface area (Å²) in [6, 6.07) is 13.1. The summed E-state index contributed by atoms with van der Waals surface area (Å²) in [6.07, 6.45) is 4.13. The molecule has 20 heavy (non-hydrogen) atoms. The fourth-order valence-corrected chi connectivity index (χ4v) is 2.35. The van der Waals surface area contributed by atoms with Crippen LogP contribution in [-0.2, 0) is 13.1 Å². The third kappa shape index (κ3) is 3.84. The van der Waals surface area contributed by atoms with Gasteiger partial charge >= 0.3 is 0 Å². The molecule has 0 radical (unpaired) electrons. The van der Waals surface area contributed by atoms with E-state index in [9.17, 15) is 0 Å². The number of benzene rings is 1. The smallest absolute Gasteiger partial charge is 0.0473 e. The van der Waals surface area contributed by atoms with E-state index in [2.05, 4.69) is 72.5 Å². The number of aryl methyl sites for hydroxylation is 1. The van der Waals surface area contributed by atoms with Gasteiger partial charge in [-0.1, -0.05) is 42.8 Å². The van der Waals surface area contributed by atoms with Gasteiger partial charge in [0, 0.05) is 31.5 Å². The molecule has 0 atom stereocenters. The molecular formula is C18H24N2. The van der Waals surface area contributed by atoms with Gasteiger partial charge in [0.1, 0.15) is 0 Å². The average Bonchev–Trinajstić information content (AvgIpc) is 2.88. The van der Waals surface area contributed by atoms with Crippen LogP contribution in [0.15, 0.2) is 55.3 Å². The second kappa shape index (κ2) is 7.11. The lowest BCUT2D eigenvalue weighted by Gasteiger charge is -2.19. The molecule has 0 bridgehead atoms. The average molecular weight is 268 g/mol. The van der Waals surface area contributed by atoms with Crippen LogP contribution in [0.1, 0.15) is 23.7 Å². The lowest BCUT2D eigenvalue weighted by molar-refractivity contribution is 0.303. The van der Waals surface area contributed by atoms with E-state index in [1.807, 2.05) is 6.08 Å². The van der Waals surface area contributed by atoms with Crippen molar-refractivity contribution < 1.29 is 0 Å². The first kappa shape index (κ1) is 14.6. The molecule has 0 aliphatic rings. The third-order valence-electron chi connectivity index (χ3n) is 3.62. The fourth-order valence-electron chi connectivity index (χ4n) is 2.35. The lowest BCUT2D eigenvalue weighted by Crippen LogP contribution is -2.24. The Labute approximate surface area is 122 Å². The van der Waals surface area contributed by atoms with Crippen molar-refractivity contribution in [3.05, 3.63) is 72.1 Å². The summed E-state index contributed by atoms with van der Waals surface area (Å²) in [5.74, 6) is 0. The van der Waals surface area contributed by atoms with Gasteiger partial charge in [-0.3, -0.25) is 4.90 Å². The highest BCUT2D eigenvalue weighted by molar-refractivity contribution is 5.22. The maximum Gasteiger partial charge on any atom is 0.0473 e. The van der Waals surface area contributed by atoms with E-state index >= 15 is 0 Å². The first-order chi connectivity index (χ1) is 9.72. The monoisotopic (exact) mass is 268 g/mol. The van der Waals surface area contributed by atoms with Crippen LogP contribution in [0.5, 0.6) is 0 Å². The molecule has 0 aliphatic heterocycles. The maximum absolute atomic E-state index is 3.83. The SMILES string of the molecule is C=CCN(CC)Cc1cccn1Cc1ccc(C)cc1. The van der Waals surface area contributed by atoms with Crippen molar-refractivity contribution in [2.45, 2.75) is 26.9 Å². The Kier molecular flexibility index (Phi) is 5.19. The van der Waals surface area contributed by atoms with Crippen molar-refractivity contribution in [1.29, 1.82) is 0 Å². The highest BCUT2D eigenvalue weighted by atomic mass is 15.1. The molecule has 0 saturated carbocycles. The minimum absolute atomic E-state index is 0.937. The summed E-state index contributed by atoms with van der Waals surface area (Å²) in [7, 11) is 0.